The maximum atomic E-state index is 6.01. The molecule has 0 saturated carbocycles. The number of hydrogen-bond donors (Lipinski definition) is 1. The molecule has 3 aromatic carbocycles. The largest absolute Gasteiger partial charge is 0.493 e. The van der Waals surface area contributed by atoms with Gasteiger partial charge in [-0.2, -0.15) is 5.10 Å². The molecule has 5 nitrogen and oxygen atoms in total. The minimum atomic E-state index is 0.141. The molecular weight excluding hydrogens is 418 g/mol. The summed E-state index contributed by atoms with van der Waals surface area (Å²) >= 11 is 1.57. The van der Waals surface area contributed by atoms with Crippen molar-refractivity contribution in [1.82, 2.24) is 4.98 Å². The normalized spacial score (nSPS) is 11.8. The molecule has 0 spiro atoms. The summed E-state index contributed by atoms with van der Waals surface area (Å²) in [5.41, 5.74) is 7.43. The fourth-order valence-electron chi connectivity index (χ4n) is 3.23. The summed E-state index contributed by atoms with van der Waals surface area (Å²) in [6.07, 6.45) is 1.74. The summed E-state index contributed by atoms with van der Waals surface area (Å²) in [5.74, 6) is 1.36. The van der Waals surface area contributed by atoms with Crippen molar-refractivity contribution in [2.45, 2.75) is 32.8 Å². The molecule has 1 aromatic heterocycles. The van der Waals surface area contributed by atoms with E-state index in [-0.39, 0.29) is 5.41 Å². The van der Waals surface area contributed by atoms with E-state index in [2.05, 4.69) is 60.5 Å². The van der Waals surface area contributed by atoms with Gasteiger partial charge in [0.1, 0.15) is 6.61 Å². The number of aromatic nitrogens is 1. The van der Waals surface area contributed by atoms with Gasteiger partial charge in [-0.1, -0.05) is 68.5 Å². The Morgan fingerprint density at radius 1 is 1.00 bits per heavy atom. The zero-order valence-electron chi connectivity index (χ0n) is 18.8. The van der Waals surface area contributed by atoms with Crippen molar-refractivity contribution in [2.75, 3.05) is 12.5 Å². The molecule has 0 fully saturated rings. The van der Waals surface area contributed by atoms with Crippen molar-refractivity contribution in [2.24, 2.45) is 5.10 Å². The standard InChI is InChI=1S/C26H27N3O2S/c1-26(2,3)20-12-9-18(10-13-20)17-31-22-14-11-19(15-23(22)30-4)16-27-29-25-28-21-7-5-6-8-24(21)32-25/h5-16H,17H2,1-4H3,(H,28,29)/b27-16-. The number of ether oxygens (including phenoxy) is 2. The van der Waals surface area contributed by atoms with E-state index >= 15 is 0 Å². The zero-order valence-corrected chi connectivity index (χ0v) is 19.6. The molecular formula is C26H27N3O2S. The number of hydrogen-bond acceptors (Lipinski definition) is 6. The predicted octanol–water partition coefficient (Wildman–Crippen LogP) is 6.63. The predicted molar refractivity (Wildman–Crippen MR) is 133 cm³/mol. The van der Waals surface area contributed by atoms with Gasteiger partial charge in [0.05, 0.1) is 23.5 Å². The highest BCUT2D eigenvalue weighted by atomic mass is 32.1. The van der Waals surface area contributed by atoms with Crippen molar-refractivity contribution >= 4 is 32.9 Å². The first-order valence-electron chi connectivity index (χ1n) is 10.5. The maximum Gasteiger partial charge on any atom is 0.204 e. The third-order valence-corrected chi connectivity index (χ3v) is 6.01. The van der Waals surface area contributed by atoms with E-state index in [1.54, 1.807) is 24.7 Å². The van der Waals surface area contributed by atoms with Crippen LogP contribution in [0.5, 0.6) is 11.5 Å². The summed E-state index contributed by atoms with van der Waals surface area (Å²) < 4.78 is 12.7. The van der Waals surface area contributed by atoms with E-state index in [4.69, 9.17) is 9.47 Å². The topological polar surface area (TPSA) is 55.7 Å². The number of benzene rings is 3. The number of thiazole rings is 1. The molecule has 1 N–H and O–H groups in total. The van der Waals surface area contributed by atoms with E-state index in [9.17, 15) is 0 Å². The zero-order chi connectivity index (χ0) is 22.6. The van der Waals surface area contributed by atoms with Gasteiger partial charge in [-0.05, 0) is 52.4 Å². The average molecular weight is 446 g/mol. The summed E-state index contributed by atoms with van der Waals surface area (Å²) in [7, 11) is 1.64. The number of fused-ring (bicyclic) bond motifs is 1. The van der Waals surface area contributed by atoms with Crippen LogP contribution in [0.3, 0.4) is 0 Å². The number of nitrogens with one attached hydrogen (secondary N) is 1. The number of para-hydroxylation sites is 1. The Bertz CT molecular complexity index is 1190. The van der Waals surface area contributed by atoms with E-state index < -0.39 is 0 Å². The summed E-state index contributed by atoms with van der Waals surface area (Å²) in [5, 5.41) is 5.07. The molecule has 0 amide bonds. The third kappa shape index (κ3) is 5.26. The molecule has 0 unspecified atom stereocenters. The van der Waals surface area contributed by atoms with Crippen molar-refractivity contribution in [3.05, 3.63) is 83.4 Å². The summed E-state index contributed by atoms with van der Waals surface area (Å²) in [6.45, 7) is 7.11. The Kier molecular flexibility index (Phi) is 6.42. The number of hydrazone groups is 1. The first-order chi connectivity index (χ1) is 15.4. The van der Waals surface area contributed by atoms with Crippen LogP contribution in [0.25, 0.3) is 10.2 Å². The highest BCUT2D eigenvalue weighted by Crippen LogP contribution is 2.29. The smallest absolute Gasteiger partial charge is 0.204 e. The van der Waals surface area contributed by atoms with Gasteiger partial charge < -0.3 is 9.47 Å². The highest BCUT2D eigenvalue weighted by Gasteiger charge is 2.13. The van der Waals surface area contributed by atoms with Crippen LogP contribution in [0, 0.1) is 0 Å². The van der Waals surface area contributed by atoms with E-state index in [1.165, 1.54) is 5.56 Å². The maximum absolute atomic E-state index is 6.01. The third-order valence-electron chi connectivity index (χ3n) is 5.07. The number of methoxy groups -OCH3 is 1. The second kappa shape index (κ2) is 9.40. The molecule has 4 aromatic rings. The molecule has 0 aliphatic heterocycles. The van der Waals surface area contributed by atoms with E-state index in [0.717, 1.165) is 26.5 Å². The Morgan fingerprint density at radius 2 is 1.78 bits per heavy atom. The van der Waals surface area contributed by atoms with Gasteiger partial charge in [0.15, 0.2) is 11.5 Å². The lowest BCUT2D eigenvalue weighted by Gasteiger charge is -2.19. The van der Waals surface area contributed by atoms with Crippen LogP contribution in [0.1, 0.15) is 37.5 Å². The fraction of sp³-hybridized carbons (Fsp3) is 0.231. The van der Waals surface area contributed by atoms with Crippen LogP contribution in [0.4, 0.5) is 5.13 Å². The van der Waals surface area contributed by atoms with Gasteiger partial charge in [-0.25, -0.2) is 4.98 Å². The molecule has 0 saturated heterocycles. The Balaban J connectivity index is 1.39. The summed E-state index contributed by atoms with van der Waals surface area (Å²) in [6, 6.07) is 22.3. The average Bonchev–Trinajstić information content (AvgIpc) is 3.20. The van der Waals surface area contributed by atoms with Gasteiger partial charge >= 0.3 is 0 Å². The van der Waals surface area contributed by atoms with Gasteiger partial charge in [-0.15, -0.1) is 0 Å². The van der Waals surface area contributed by atoms with Crippen molar-refractivity contribution in [3.8, 4) is 11.5 Å². The Labute approximate surface area is 192 Å². The van der Waals surface area contributed by atoms with Crippen LogP contribution in [0.2, 0.25) is 0 Å². The van der Waals surface area contributed by atoms with Crippen LogP contribution in [0.15, 0.2) is 71.8 Å². The fourth-order valence-corrected chi connectivity index (χ4v) is 4.04. The molecule has 32 heavy (non-hydrogen) atoms. The van der Waals surface area contributed by atoms with E-state index in [1.807, 2.05) is 42.5 Å². The first kappa shape index (κ1) is 21.8. The van der Waals surface area contributed by atoms with Gasteiger partial charge in [0.25, 0.3) is 0 Å². The van der Waals surface area contributed by atoms with Crippen LogP contribution >= 0.6 is 11.3 Å². The van der Waals surface area contributed by atoms with Crippen LogP contribution in [-0.4, -0.2) is 18.3 Å². The first-order valence-corrected chi connectivity index (χ1v) is 11.3. The van der Waals surface area contributed by atoms with Crippen molar-refractivity contribution < 1.29 is 9.47 Å². The molecule has 4 rings (SSSR count). The number of anilines is 1. The minimum Gasteiger partial charge on any atom is -0.493 e. The second-order valence-electron chi connectivity index (χ2n) is 8.50. The SMILES string of the molecule is COc1cc(/C=N\Nc2nc3ccccc3s2)ccc1OCc1ccc(C(C)(C)C)cc1. The molecule has 0 bridgehead atoms. The second-order valence-corrected chi connectivity index (χ2v) is 9.53. The van der Waals surface area contributed by atoms with Crippen molar-refractivity contribution in [3.63, 3.8) is 0 Å². The molecule has 0 aliphatic carbocycles. The van der Waals surface area contributed by atoms with Crippen molar-refractivity contribution in [1.29, 1.82) is 0 Å². The number of rotatable bonds is 7. The van der Waals surface area contributed by atoms with Gasteiger partial charge in [0.2, 0.25) is 5.13 Å². The van der Waals surface area contributed by atoms with E-state index in [0.29, 0.717) is 18.1 Å². The number of nitrogens with zero attached hydrogens (tertiary/aromatic N) is 2. The summed E-state index contributed by atoms with van der Waals surface area (Å²) in [4.78, 5) is 4.51. The molecule has 1 heterocycles. The lowest BCUT2D eigenvalue weighted by atomic mass is 9.87. The lowest BCUT2D eigenvalue weighted by Crippen LogP contribution is -2.10. The van der Waals surface area contributed by atoms with Gasteiger partial charge in [-0.3, -0.25) is 5.43 Å². The molecule has 6 heteroatoms. The monoisotopic (exact) mass is 445 g/mol. The lowest BCUT2D eigenvalue weighted by molar-refractivity contribution is 0.284. The van der Waals surface area contributed by atoms with Crippen LogP contribution < -0.4 is 14.9 Å². The molecule has 0 aliphatic rings. The van der Waals surface area contributed by atoms with Crippen LogP contribution in [-0.2, 0) is 12.0 Å². The molecule has 164 valence electrons. The Hall–Kier alpha value is -3.38. The minimum absolute atomic E-state index is 0.141. The molecule has 0 atom stereocenters. The van der Waals surface area contributed by atoms with Gasteiger partial charge in [0, 0.05) is 0 Å². The molecule has 0 radical (unpaired) electrons. The highest BCUT2D eigenvalue weighted by molar-refractivity contribution is 7.22. The quantitative estimate of drug-likeness (QED) is 0.256. The Morgan fingerprint density at radius 3 is 2.50 bits per heavy atom.